The fraction of sp³-hybridized carbons (Fsp3) is 0.455. The van der Waals surface area contributed by atoms with Gasteiger partial charge in [0, 0.05) is 49.0 Å². The molecule has 0 amide bonds. The molecule has 0 aliphatic carbocycles. The van der Waals surface area contributed by atoms with E-state index in [0.717, 1.165) is 17.2 Å². The van der Waals surface area contributed by atoms with Gasteiger partial charge in [-0.25, -0.2) is 23.4 Å². The summed E-state index contributed by atoms with van der Waals surface area (Å²) in [7, 11) is 0. The van der Waals surface area contributed by atoms with Crippen LogP contribution in [0.5, 0.6) is 0 Å². The number of alkyl halides is 5. The maximum Gasteiger partial charge on any atom is 0.433 e. The molecule has 0 bridgehead atoms. The van der Waals surface area contributed by atoms with E-state index in [-0.39, 0.29) is 5.41 Å². The highest BCUT2D eigenvalue weighted by Crippen LogP contribution is 2.45. The van der Waals surface area contributed by atoms with Gasteiger partial charge in [0.05, 0.1) is 12.4 Å². The van der Waals surface area contributed by atoms with Crippen LogP contribution in [0, 0.1) is 5.41 Å². The third kappa shape index (κ3) is 3.94. The zero-order chi connectivity index (χ0) is 24.3. The molecule has 5 heterocycles. The van der Waals surface area contributed by atoms with Gasteiger partial charge >= 0.3 is 6.18 Å². The van der Waals surface area contributed by atoms with Crippen LogP contribution in [0.3, 0.4) is 0 Å². The third-order valence-electron chi connectivity index (χ3n) is 6.43. The highest BCUT2D eigenvalue weighted by molar-refractivity contribution is 5.75. The van der Waals surface area contributed by atoms with E-state index in [9.17, 15) is 22.0 Å². The highest BCUT2D eigenvalue weighted by atomic mass is 19.4. The molecule has 0 unspecified atom stereocenters. The standard InChI is InChI=1S/C22H22F5N7/c1-13(2)14-6-29-17(22(25,26)27)5-16(14)33-11-21(12-33)3-4-32(10-21)19-8-28-15-7-30-34(9-18(23)24)20(15)31-19/h5-8,18H,1,3-4,9-12H2,2H3. The number of allylic oxidation sites excluding steroid dienone is 1. The van der Waals surface area contributed by atoms with Crippen molar-refractivity contribution in [3.63, 3.8) is 0 Å². The monoisotopic (exact) mass is 479 g/mol. The van der Waals surface area contributed by atoms with Crippen LogP contribution < -0.4 is 9.80 Å². The summed E-state index contributed by atoms with van der Waals surface area (Å²) in [6.45, 7) is 7.57. The maximum absolute atomic E-state index is 13.2. The lowest BCUT2D eigenvalue weighted by Crippen LogP contribution is -2.58. The van der Waals surface area contributed by atoms with Gasteiger partial charge in [0.2, 0.25) is 0 Å². The smallest absolute Gasteiger partial charge is 0.370 e. The summed E-state index contributed by atoms with van der Waals surface area (Å²) in [6, 6.07) is 1.09. The molecule has 2 saturated heterocycles. The molecule has 3 aromatic rings. The molecule has 12 heteroatoms. The van der Waals surface area contributed by atoms with Crippen LogP contribution in [0.4, 0.5) is 33.5 Å². The molecule has 2 aliphatic heterocycles. The van der Waals surface area contributed by atoms with Crippen molar-refractivity contribution in [2.45, 2.75) is 32.5 Å². The van der Waals surface area contributed by atoms with Gasteiger partial charge in [-0.2, -0.15) is 18.3 Å². The van der Waals surface area contributed by atoms with Crippen molar-refractivity contribution in [3.05, 3.63) is 42.5 Å². The van der Waals surface area contributed by atoms with E-state index in [1.165, 1.54) is 12.4 Å². The minimum atomic E-state index is -4.52. The third-order valence-corrected chi connectivity index (χ3v) is 6.43. The Hall–Kier alpha value is -3.31. The minimum absolute atomic E-state index is 0.103. The number of rotatable bonds is 5. The molecule has 7 nitrogen and oxygen atoms in total. The predicted molar refractivity (Wildman–Crippen MR) is 117 cm³/mol. The first kappa shape index (κ1) is 22.5. The Morgan fingerprint density at radius 2 is 1.85 bits per heavy atom. The van der Waals surface area contributed by atoms with Gasteiger partial charge in [-0.1, -0.05) is 6.58 Å². The topological polar surface area (TPSA) is 63.0 Å². The lowest BCUT2D eigenvalue weighted by atomic mass is 9.78. The number of anilines is 2. The number of pyridine rings is 1. The van der Waals surface area contributed by atoms with Crippen molar-refractivity contribution in [2.24, 2.45) is 5.41 Å². The summed E-state index contributed by atoms with van der Waals surface area (Å²) in [6.07, 6.45) is -2.00. The summed E-state index contributed by atoms with van der Waals surface area (Å²) in [5, 5.41) is 3.94. The Bertz CT molecular complexity index is 1250. The molecule has 0 atom stereocenters. The van der Waals surface area contributed by atoms with Gasteiger partial charge < -0.3 is 9.80 Å². The molecule has 34 heavy (non-hydrogen) atoms. The van der Waals surface area contributed by atoms with Crippen molar-refractivity contribution in [2.75, 3.05) is 36.0 Å². The van der Waals surface area contributed by atoms with Gasteiger partial charge in [-0.15, -0.1) is 0 Å². The van der Waals surface area contributed by atoms with E-state index in [2.05, 4.69) is 26.6 Å². The molecule has 0 aromatic carbocycles. The first-order valence-electron chi connectivity index (χ1n) is 10.7. The van der Waals surface area contributed by atoms with Crippen molar-refractivity contribution in [3.8, 4) is 0 Å². The van der Waals surface area contributed by atoms with Crippen LogP contribution in [-0.2, 0) is 12.7 Å². The summed E-state index contributed by atoms with van der Waals surface area (Å²) in [4.78, 5) is 16.4. The summed E-state index contributed by atoms with van der Waals surface area (Å²) < 4.78 is 66.5. The lowest BCUT2D eigenvalue weighted by Gasteiger charge is -2.50. The minimum Gasteiger partial charge on any atom is -0.370 e. The van der Waals surface area contributed by atoms with Crippen LogP contribution in [-0.4, -0.2) is 57.3 Å². The van der Waals surface area contributed by atoms with Crippen LogP contribution in [0.15, 0.2) is 31.2 Å². The molecule has 5 rings (SSSR count). The predicted octanol–water partition coefficient (Wildman–Crippen LogP) is 4.26. The second-order valence-electron chi connectivity index (χ2n) is 9.05. The van der Waals surface area contributed by atoms with E-state index < -0.39 is 24.8 Å². The van der Waals surface area contributed by atoms with Gasteiger partial charge in [-0.05, 0) is 25.0 Å². The SMILES string of the molecule is C=C(C)c1cnc(C(F)(F)F)cc1N1CC2(CCN(c3cnc4cnn(CC(F)F)c4n3)C2)C1. The first-order chi connectivity index (χ1) is 16.0. The van der Waals surface area contributed by atoms with Crippen LogP contribution >= 0.6 is 0 Å². The van der Waals surface area contributed by atoms with E-state index in [1.54, 1.807) is 13.1 Å². The second-order valence-corrected chi connectivity index (χ2v) is 9.05. The van der Waals surface area contributed by atoms with Crippen molar-refractivity contribution < 1.29 is 22.0 Å². The summed E-state index contributed by atoms with van der Waals surface area (Å²) in [5.74, 6) is 0.574. The highest BCUT2D eigenvalue weighted by Gasteiger charge is 2.49. The van der Waals surface area contributed by atoms with Gasteiger partial charge in [0.1, 0.15) is 23.6 Å². The van der Waals surface area contributed by atoms with E-state index in [0.29, 0.717) is 60.0 Å². The van der Waals surface area contributed by atoms with Crippen molar-refractivity contribution >= 4 is 28.2 Å². The summed E-state index contributed by atoms with van der Waals surface area (Å²) in [5.41, 5.74) is 1.45. The second kappa shape index (κ2) is 7.88. The van der Waals surface area contributed by atoms with E-state index in [1.807, 2.05) is 9.80 Å². The largest absolute Gasteiger partial charge is 0.433 e. The quantitative estimate of drug-likeness (QED) is 0.510. The average Bonchev–Trinajstić information content (AvgIpc) is 3.36. The number of fused-ring (bicyclic) bond motifs is 1. The maximum atomic E-state index is 13.2. The van der Waals surface area contributed by atoms with E-state index in [4.69, 9.17) is 0 Å². The Labute approximate surface area is 191 Å². The number of halogens is 5. The fourth-order valence-electron chi connectivity index (χ4n) is 4.77. The van der Waals surface area contributed by atoms with E-state index >= 15 is 0 Å². The van der Waals surface area contributed by atoms with Crippen LogP contribution in [0.1, 0.15) is 24.6 Å². The van der Waals surface area contributed by atoms with Crippen LogP contribution in [0.2, 0.25) is 0 Å². The molecule has 0 N–H and O–H groups in total. The average molecular weight is 479 g/mol. The zero-order valence-electron chi connectivity index (χ0n) is 18.4. The molecule has 2 fully saturated rings. The van der Waals surface area contributed by atoms with Gasteiger partial charge in [0.25, 0.3) is 6.43 Å². The fourth-order valence-corrected chi connectivity index (χ4v) is 4.77. The lowest BCUT2D eigenvalue weighted by molar-refractivity contribution is -0.141. The molecule has 3 aromatic heterocycles. The molecule has 2 aliphatic rings. The molecule has 1 spiro atoms. The Kier molecular flexibility index (Phi) is 5.21. The molecule has 180 valence electrons. The number of nitrogens with zero attached hydrogens (tertiary/aromatic N) is 7. The summed E-state index contributed by atoms with van der Waals surface area (Å²) >= 11 is 0. The first-order valence-corrected chi connectivity index (χ1v) is 10.7. The number of hydrogen-bond acceptors (Lipinski definition) is 6. The molecule has 0 radical (unpaired) electrons. The Morgan fingerprint density at radius 1 is 1.12 bits per heavy atom. The Morgan fingerprint density at radius 3 is 2.53 bits per heavy atom. The number of aromatic nitrogens is 5. The van der Waals surface area contributed by atoms with Gasteiger partial charge in [0.15, 0.2) is 5.65 Å². The van der Waals surface area contributed by atoms with Crippen LogP contribution in [0.25, 0.3) is 16.7 Å². The van der Waals surface area contributed by atoms with Gasteiger partial charge in [-0.3, -0.25) is 4.98 Å². The molecular formula is C22H22F5N7. The molecular weight excluding hydrogens is 457 g/mol. The zero-order valence-corrected chi connectivity index (χ0v) is 18.4. The van der Waals surface area contributed by atoms with Crippen molar-refractivity contribution in [1.29, 1.82) is 0 Å². The Balaban J connectivity index is 1.34. The number of hydrogen-bond donors (Lipinski definition) is 0. The molecule has 0 saturated carbocycles. The van der Waals surface area contributed by atoms with Crippen molar-refractivity contribution in [1.82, 2.24) is 24.7 Å². The normalized spacial score (nSPS) is 17.7.